The van der Waals surface area contributed by atoms with Crippen molar-refractivity contribution in [3.05, 3.63) is 0 Å². The van der Waals surface area contributed by atoms with Crippen molar-refractivity contribution >= 4 is 41.1 Å². The molecule has 40 heavy (non-hydrogen) atoms. The SMILES string of the molecule is CCC(CC)[C@H](NC(=O)C(F)F)C(=O)N1C[C@@H]2CCC[C@@H]2[C@H]1C(=O)NN(C[C@H]1CC(C)(C)NC1=O)C(=O)[C@@H](F)Cl. The molecular formula is C26H39ClF3N5O5. The van der Waals surface area contributed by atoms with E-state index >= 15 is 0 Å². The third-order valence-electron chi connectivity index (χ3n) is 8.41. The maximum atomic E-state index is 13.9. The number of likely N-dealkylation sites (tertiary alicyclic amines) is 1. The number of nitrogens with zero attached hydrogens (tertiary/aromatic N) is 2. The highest BCUT2D eigenvalue weighted by Gasteiger charge is 2.52. The summed E-state index contributed by atoms with van der Waals surface area (Å²) in [6.45, 7) is 6.98. The summed E-state index contributed by atoms with van der Waals surface area (Å²) in [5.74, 6) is -6.13. The fourth-order valence-electron chi connectivity index (χ4n) is 6.48. The smallest absolute Gasteiger partial charge is 0.315 e. The van der Waals surface area contributed by atoms with Gasteiger partial charge in [-0.05, 0) is 50.9 Å². The van der Waals surface area contributed by atoms with E-state index in [4.69, 9.17) is 11.6 Å². The van der Waals surface area contributed by atoms with E-state index in [-0.39, 0.29) is 30.8 Å². The summed E-state index contributed by atoms with van der Waals surface area (Å²) in [5.41, 5.74) is -0.638. The van der Waals surface area contributed by atoms with Crippen molar-refractivity contribution in [1.29, 1.82) is 0 Å². The van der Waals surface area contributed by atoms with Crippen LogP contribution < -0.4 is 16.1 Å². The second kappa shape index (κ2) is 12.9. The number of nitrogens with one attached hydrogen (secondary N) is 3. The summed E-state index contributed by atoms with van der Waals surface area (Å²) < 4.78 is 40.2. The van der Waals surface area contributed by atoms with Crippen molar-refractivity contribution in [3.63, 3.8) is 0 Å². The van der Waals surface area contributed by atoms with Crippen molar-refractivity contribution in [2.24, 2.45) is 23.7 Å². The predicted octanol–water partition coefficient (Wildman–Crippen LogP) is 2.11. The molecule has 2 heterocycles. The minimum atomic E-state index is -3.32. The number of alkyl halides is 4. The van der Waals surface area contributed by atoms with Gasteiger partial charge in [0.1, 0.15) is 12.1 Å². The summed E-state index contributed by atoms with van der Waals surface area (Å²) in [6.07, 6.45) is 0.0136. The summed E-state index contributed by atoms with van der Waals surface area (Å²) in [7, 11) is 0. The van der Waals surface area contributed by atoms with Crippen LogP contribution in [0.2, 0.25) is 0 Å². The highest BCUT2D eigenvalue weighted by atomic mass is 35.5. The van der Waals surface area contributed by atoms with Gasteiger partial charge in [-0.25, -0.2) is 9.40 Å². The van der Waals surface area contributed by atoms with E-state index in [2.05, 4.69) is 16.1 Å². The number of halogens is 4. The maximum Gasteiger partial charge on any atom is 0.315 e. The van der Waals surface area contributed by atoms with E-state index in [1.807, 2.05) is 0 Å². The molecule has 2 saturated heterocycles. The highest BCUT2D eigenvalue weighted by Crippen LogP contribution is 2.43. The highest BCUT2D eigenvalue weighted by molar-refractivity contribution is 6.29. The van der Waals surface area contributed by atoms with Crippen LogP contribution in [0.25, 0.3) is 0 Å². The molecule has 3 N–H and O–H groups in total. The average Bonchev–Trinajstić information content (AvgIpc) is 3.54. The monoisotopic (exact) mass is 593 g/mol. The minimum Gasteiger partial charge on any atom is -0.351 e. The molecule has 0 unspecified atom stereocenters. The lowest BCUT2D eigenvalue weighted by Crippen LogP contribution is -2.60. The second-order valence-corrected chi connectivity index (χ2v) is 12.0. The fourth-order valence-corrected chi connectivity index (χ4v) is 6.59. The zero-order valence-corrected chi connectivity index (χ0v) is 24.0. The van der Waals surface area contributed by atoms with E-state index in [1.165, 1.54) is 4.90 Å². The third-order valence-corrected chi connectivity index (χ3v) is 8.60. The van der Waals surface area contributed by atoms with E-state index in [9.17, 15) is 37.1 Å². The van der Waals surface area contributed by atoms with Crippen LogP contribution in [0.3, 0.4) is 0 Å². The van der Waals surface area contributed by atoms with E-state index in [0.717, 1.165) is 12.8 Å². The summed E-state index contributed by atoms with van der Waals surface area (Å²) >= 11 is 5.42. The number of hydrazine groups is 1. The number of fused-ring (bicyclic) bond motifs is 1. The predicted molar refractivity (Wildman–Crippen MR) is 139 cm³/mol. The first-order valence-electron chi connectivity index (χ1n) is 13.8. The Labute approximate surface area is 237 Å². The van der Waals surface area contributed by atoms with Crippen LogP contribution in [0.1, 0.15) is 66.2 Å². The van der Waals surface area contributed by atoms with Crippen LogP contribution in [0, 0.1) is 23.7 Å². The molecule has 226 valence electrons. The topological polar surface area (TPSA) is 128 Å². The van der Waals surface area contributed by atoms with Crippen LogP contribution in [0.4, 0.5) is 13.2 Å². The van der Waals surface area contributed by atoms with Gasteiger partial charge in [-0.3, -0.25) is 29.4 Å². The quantitative estimate of drug-likeness (QED) is 0.264. The van der Waals surface area contributed by atoms with Crippen LogP contribution in [-0.2, 0) is 24.0 Å². The van der Waals surface area contributed by atoms with Crippen molar-refractivity contribution in [2.45, 2.75) is 95.9 Å². The minimum absolute atomic E-state index is 0.0413. The van der Waals surface area contributed by atoms with Crippen LogP contribution in [0.15, 0.2) is 0 Å². The molecule has 3 fully saturated rings. The fraction of sp³-hybridized carbons (Fsp3) is 0.808. The van der Waals surface area contributed by atoms with Crippen molar-refractivity contribution in [2.75, 3.05) is 13.1 Å². The van der Waals surface area contributed by atoms with Gasteiger partial charge in [0.25, 0.3) is 23.4 Å². The first kappa shape index (κ1) is 32.0. The van der Waals surface area contributed by atoms with Gasteiger partial charge >= 0.3 is 6.43 Å². The van der Waals surface area contributed by atoms with Gasteiger partial charge in [0.2, 0.25) is 11.8 Å². The van der Waals surface area contributed by atoms with Gasteiger partial charge < -0.3 is 15.5 Å². The number of carbonyl (C=O) groups is 5. The molecule has 5 amide bonds. The maximum absolute atomic E-state index is 13.9. The average molecular weight is 594 g/mol. The van der Waals surface area contributed by atoms with Crippen molar-refractivity contribution in [1.82, 2.24) is 26.0 Å². The molecule has 0 aromatic heterocycles. The first-order chi connectivity index (χ1) is 18.7. The van der Waals surface area contributed by atoms with Gasteiger partial charge in [0.05, 0.1) is 12.5 Å². The standard InChI is InChI=1S/C26H39ClF3N5O5/c1-5-13(6-2)17(31-23(38)20(29)30)24(39)34-11-14-8-7-9-16(14)18(34)22(37)33-35(25(40)19(27)28)12-15-10-26(3,4)32-21(15)36/h13-20H,5-12H2,1-4H3,(H,31,38)(H,32,36)(H,33,37)/t14-,15+,16-,17-,18-,19+/m0/s1. The molecule has 3 rings (SSSR count). The lowest BCUT2D eigenvalue weighted by molar-refractivity contribution is -0.150. The summed E-state index contributed by atoms with van der Waals surface area (Å²) in [6, 6.07) is -2.36. The van der Waals surface area contributed by atoms with Gasteiger partial charge in [-0.1, -0.05) is 44.7 Å². The molecule has 1 saturated carbocycles. The number of hydrogen-bond acceptors (Lipinski definition) is 5. The Balaban J connectivity index is 1.88. The summed E-state index contributed by atoms with van der Waals surface area (Å²) in [5, 5.41) is 5.63. The molecule has 0 spiro atoms. The van der Waals surface area contributed by atoms with Crippen LogP contribution in [-0.4, -0.2) is 82.2 Å². The number of rotatable bonds is 10. The van der Waals surface area contributed by atoms with E-state index in [1.54, 1.807) is 27.7 Å². The van der Waals surface area contributed by atoms with Crippen molar-refractivity contribution < 1.29 is 37.1 Å². The Bertz CT molecular complexity index is 996. The number of carbonyl (C=O) groups excluding carboxylic acids is 5. The van der Waals surface area contributed by atoms with Gasteiger partial charge in [-0.2, -0.15) is 8.78 Å². The molecule has 1 aliphatic carbocycles. The molecule has 14 heteroatoms. The van der Waals surface area contributed by atoms with Gasteiger partial charge in [0.15, 0.2) is 0 Å². The zero-order valence-electron chi connectivity index (χ0n) is 23.2. The first-order valence-corrected chi connectivity index (χ1v) is 14.2. The van der Waals surface area contributed by atoms with Crippen molar-refractivity contribution in [3.8, 4) is 0 Å². The lowest BCUT2D eigenvalue weighted by Gasteiger charge is -2.35. The normalized spacial score (nSPS) is 26.9. The summed E-state index contributed by atoms with van der Waals surface area (Å²) in [4.78, 5) is 65.8. The molecule has 3 aliphatic rings. The van der Waals surface area contributed by atoms with E-state index < -0.39 is 65.1 Å². The molecule has 2 aliphatic heterocycles. The second-order valence-electron chi connectivity index (χ2n) is 11.7. The third kappa shape index (κ3) is 7.01. The Morgan fingerprint density at radius 2 is 1.80 bits per heavy atom. The molecular weight excluding hydrogens is 555 g/mol. The Morgan fingerprint density at radius 3 is 2.33 bits per heavy atom. The molecule has 0 aromatic rings. The van der Waals surface area contributed by atoms with Crippen LogP contribution in [0.5, 0.6) is 0 Å². The van der Waals surface area contributed by atoms with E-state index in [0.29, 0.717) is 30.7 Å². The van der Waals surface area contributed by atoms with Gasteiger partial charge in [0, 0.05) is 12.1 Å². The largest absolute Gasteiger partial charge is 0.351 e. The Hall–Kier alpha value is -2.57. The molecule has 0 aromatic carbocycles. The number of amides is 5. The van der Waals surface area contributed by atoms with Gasteiger partial charge in [-0.15, -0.1) is 0 Å². The molecule has 10 nitrogen and oxygen atoms in total. The molecule has 6 atom stereocenters. The molecule has 0 radical (unpaired) electrons. The molecule has 0 bridgehead atoms. The Morgan fingerprint density at radius 1 is 1.15 bits per heavy atom. The lowest BCUT2D eigenvalue weighted by atomic mass is 9.91. The Kier molecular flexibility index (Phi) is 10.3. The van der Waals surface area contributed by atoms with Crippen LogP contribution >= 0.6 is 11.6 Å². The number of hydrogen-bond donors (Lipinski definition) is 3. The zero-order chi connectivity index (χ0) is 29.9.